The number of rotatable bonds is 6. The summed E-state index contributed by atoms with van der Waals surface area (Å²) in [5.41, 5.74) is 0. The summed E-state index contributed by atoms with van der Waals surface area (Å²) in [6, 6.07) is 0.470. The zero-order valence-corrected chi connectivity index (χ0v) is 13.0. The van der Waals surface area contributed by atoms with Gasteiger partial charge < -0.3 is 10.6 Å². The van der Waals surface area contributed by atoms with Crippen LogP contribution >= 0.6 is 11.8 Å². The lowest BCUT2D eigenvalue weighted by atomic mass is 9.92. The molecule has 0 aromatic heterocycles. The number of nitrogens with one attached hydrogen (secondary N) is 2. The smallest absolute Gasteiger partial charge is 0.223 e. The molecule has 1 rings (SSSR count). The van der Waals surface area contributed by atoms with E-state index in [1.807, 2.05) is 11.8 Å². The third-order valence-corrected chi connectivity index (χ3v) is 5.89. The number of piperidine rings is 1. The van der Waals surface area contributed by atoms with Crippen molar-refractivity contribution in [3.05, 3.63) is 0 Å². The molecule has 1 saturated heterocycles. The molecule has 0 aromatic rings. The molecule has 4 heteroatoms. The van der Waals surface area contributed by atoms with Gasteiger partial charge in [-0.2, -0.15) is 11.8 Å². The van der Waals surface area contributed by atoms with Crippen LogP contribution in [0.2, 0.25) is 0 Å². The predicted molar refractivity (Wildman–Crippen MR) is 80.0 cm³/mol. The maximum atomic E-state index is 12.2. The van der Waals surface area contributed by atoms with Crippen LogP contribution in [0.1, 0.15) is 46.5 Å². The lowest BCUT2D eigenvalue weighted by Crippen LogP contribution is -2.46. The van der Waals surface area contributed by atoms with E-state index in [0.717, 1.165) is 38.8 Å². The number of amides is 1. The molecule has 18 heavy (non-hydrogen) atoms. The van der Waals surface area contributed by atoms with Gasteiger partial charge in [0.15, 0.2) is 0 Å². The highest BCUT2D eigenvalue weighted by molar-refractivity contribution is 8.00. The first-order valence-corrected chi connectivity index (χ1v) is 8.35. The third kappa shape index (κ3) is 4.16. The second-order valence-electron chi connectivity index (χ2n) is 5.39. The molecule has 1 fully saturated rings. The van der Waals surface area contributed by atoms with Gasteiger partial charge in [0.25, 0.3) is 0 Å². The molecular weight excluding hydrogens is 244 g/mol. The van der Waals surface area contributed by atoms with Crippen LogP contribution in [0.25, 0.3) is 0 Å². The summed E-state index contributed by atoms with van der Waals surface area (Å²) in [5.74, 6) is 0.457. The molecule has 0 aromatic carbocycles. The molecule has 1 aliphatic rings. The first-order valence-electron chi connectivity index (χ1n) is 7.13. The van der Waals surface area contributed by atoms with E-state index in [1.165, 1.54) is 0 Å². The molecular formula is C14H28N2OS. The van der Waals surface area contributed by atoms with Gasteiger partial charge in [-0.3, -0.25) is 4.79 Å². The molecule has 2 unspecified atom stereocenters. The highest BCUT2D eigenvalue weighted by Crippen LogP contribution is 2.29. The number of carbonyl (C=O) groups excluding carboxylic acids is 1. The molecule has 0 aliphatic carbocycles. The van der Waals surface area contributed by atoms with Crippen molar-refractivity contribution in [2.75, 3.05) is 19.3 Å². The van der Waals surface area contributed by atoms with Gasteiger partial charge in [-0.15, -0.1) is 0 Å². The Labute approximate surface area is 116 Å². The van der Waals surface area contributed by atoms with Crippen LogP contribution in [0, 0.1) is 5.92 Å². The largest absolute Gasteiger partial charge is 0.354 e. The molecule has 1 heterocycles. The summed E-state index contributed by atoms with van der Waals surface area (Å²) in [6.45, 7) is 8.34. The van der Waals surface area contributed by atoms with Crippen LogP contribution in [0.3, 0.4) is 0 Å². The van der Waals surface area contributed by atoms with Crippen molar-refractivity contribution in [1.82, 2.24) is 10.6 Å². The van der Waals surface area contributed by atoms with Gasteiger partial charge in [-0.05, 0) is 45.4 Å². The number of thioether (sulfide) groups is 1. The van der Waals surface area contributed by atoms with Crippen LogP contribution in [-0.2, 0) is 4.79 Å². The van der Waals surface area contributed by atoms with Gasteiger partial charge in [-0.1, -0.05) is 13.8 Å². The monoisotopic (exact) mass is 272 g/mol. The number of carbonyl (C=O) groups is 1. The molecule has 3 nitrogen and oxygen atoms in total. The van der Waals surface area contributed by atoms with Gasteiger partial charge in [0, 0.05) is 23.3 Å². The molecule has 0 saturated carbocycles. The Morgan fingerprint density at radius 3 is 2.61 bits per heavy atom. The Morgan fingerprint density at radius 1 is 1.44 bits per heavy atom. The van der Waals surface area contributed by atoms with Gasteiger partial charge >= 0.3 is 0 Å². The number of hydrogen-bond acceptors (Lipinski definition) is 3. The highest BCUT2D eigenvalue weighted by atomic mass is 32.2. The van der Waals surface area contributed by atoms with Crippen LogP contribution in [-0.4, -0.2) is 36.0 Å². The van der Waals surface area contributed by atoms with Crippen LogP contribution in [0.15, 0.2) is 0 Å². The topological polar surface area (TPSA) is 41.1 Å². The quantitative estimate of drug-likeness (QED) is 0.780. The van der Waals surface area contributed by atoms with Crippen molar-refractivity contribution in [1.29, 1.82) is 0 Å². The van der Waals surface area contributed by atoms with Crippen LogP contribution in [0.5, 0.6) is 0 Å². The van der Waals surface area contributed by atoms with E-state index >= 15 is 0 Å². The van der Waals surface area contributed by atoms with E-state index in [9.17, 15) is 4.79 Å². The van der Waals surface area contributed by atoms with Gasteiger partial charge in [-0.25, -0.2) is 0 Å². The molecule has 2 atom stereocenters. The fourth-order valence-electron chi connectivity index (χ4n) is 2.62. The highest BCUT2D eigenvalue weighted by Gasteiger charge is 2.29. The molecule has 0 spiro atoms. The van der Waals surface area contributed by atoms with Crippen molar-refractivity contribution in [3.8, 4) is 0 Å². The second-order valence-corrected chi connectivity index (χ2v) is 6.66. The summed E-state index contributed by atoms with van der Waals surface area (Å²) in [4.78, 5) is 12.2. The average Bonchev–Trinajstić information content (AvgIpc) is 2.40. The Morgan fingerprint density at radius 2 is 2.11 bits per heavy atom. The Kier molecular flexibility index (Phi) is 6.50. The maximum Gasteiger partial charge on any atom is 0.223 e. The minimum atomic E-state index is 0.203. The van der Waals surface area contributed by atoms with E-state index < -0.39 is 0 Å². The molecule has 0 radical (unpaired) electrons. The molecule has 2 N–H and O–H groups in total. The standard InChI is InChI=1S/C14H28N2OS/c1-5-14(6-2,18-4)10-16-13(17)12-7-8-15-11(3)9-12/h11-12,15H,5-10H2,1-4H3,(H,16,17). The Balaban J connectivity index is 2.44. The summed E-state index contributed by atoms with van der Waals surface area (Å²) >= 11 is 1.88. The summed E-state index contributed by atoms with van der Waals surface area (Å²) < 4.78 is 0.216. The molecule has 0 bridgehead atoms. The van der Waals surface area contributed by atoms with Crippen LogP contribution in [0.4, 0.5) is 0 Å². The lowest BCUT2D eigenvalue weighted by Gasteiger charge is -2.32. The Bertz CT molecular complexity index is 258. The average molecular weight is 272 g/mol. The van der Waals surface area contributed by atoms with E-state index in [1.54, 1.807) is 0 Å². The van der Waals surface area contributed by atoms with Crippen molar-refractivity contribution >= 4 is 17.7 Å². The predicted octanol–water partition coefficient (Wildman–Crippen LogP) is 2.41. The van der Waals surface area contributed by atoms with Crippen molar-refractivity contribution in [2.45, 2.75) is 57.2 Å². The first kappa shape index (κ1) is 15.8. The molecule has 1 amide bonds. The van der Waals surface area contributed by atoms with E-state index in [-0.39, 0.29) is 16.6 Å². The van der Waals surface area contributed by atoms with Crippen molar-refractivity contribution < 1.29 is 4.79 Å². The molecule has 106 valence electrons. The lowest BCUT2D eigenvalue weighted by molar-refractivity contribution is -0.126. The third-order valence-electron chi connectivity index (χ3n) is 4.30. The summed E-state index contributed by atoms with van der Waals surface area (Å²) in [7, 11) is 0. The van der Waals surface area contributed by atoms with Crippen molar-refractivity contribution in [2.24, 2.45) is 5.92 Å². The minimum Gasteiger partial charge on any atom is -0.354 e. The van der Waals surface area contributed by atoms with Crippen molar-refractivity contribution in [3.63, 3.8) is 0 Å². The summed E-state index contributed by atoms with van der Waals surface area (Å²) in [6.07, 6.45) is 6.30. The first-order chi connectivity index (χ1) is 8.56. The maximum absolute atomic E-state index is 12.2. The van der Waals surface area contributed by atoms with E-state index in [0.29, 0.717) is 6.04 Å². The SMILES string of the molecule is CCC(CC)(CNC(=O)C1CCNC(C)C1)SC. The zero-order valence-electron chi connectivity index (χ0n) is 12.2. The van der Waals surface area contributed by atoms with Gasteiger partial charge in [0.2, 0.25) is 5.91 Å². The molecule has 1 aliphatic heterocycles. The van der Waals surface area contributed by atoms with Crippen LogP contribution < -0.4 is 10.6 Å². The normalized spacial score (nSPS) is 24.9. The zero-order chi connectivity index (χ0) is 13.6. The number of hydrogen-bond donors (Lipinski definition) is 2. The van der Waals surface area contributed by atoms with E-state index in [4.69, 9.17) is 0 Å². The minimum absolute atomic E-state index is 0.203. The van der Waals surface area contributed by atoms with E-state index in [2.05, 4.69) is 37.7 Å². The Hall–Kier alpha value is -0.220. The second kappa shape index (κ2) is 7.39. The van der Waals surface area contributed by atoms with Gasteiger partial charge in [0.1, 0.15) is 0 Å². The van der Waals surface area contributed by atoms with Gasteiger partial charge in [0.05, 0.1) is 0 Å². The summed E-state index contributed by atoms with van der Waals surface area (Å²) in [5, 5.41) is 6.57. The fourth-order valence-corrected chi connectivity index (χ4v) is 3.42. The fraction of sp³-hybridized carbons (Fsp3) is 0.929.